The number of carbonyl (C=O) groups excluding carboxylic acids is 2. The minimum absolute atomic E-state index is 0.0841. The van der Waals surface area contributed by atoms with Gasteiger partial charge in [0.2, 0.25) is 5.91 Å². The van der Waals surface area contributed by atoms with Gasteiger partial charge in [0.1, 0.15) is 0 Å². The van der Waals surface area contributed by atoms with E-state index in [1.54, 1.807) is 12.1 Å². The zero-order valence-corrected chi connectivity index (χ0v) is 19.7. The standard InChI is InChI=1S/C23H26ClN3O4S/c1-3-18-20(22(29)30-2)21(14-6-8-15(24)9-7-14)27-16(13-32-23(27)26-18)11-19(28)25-12-17-5-4-10-31-17/h6-9,13,17,21H,3-5,10-12H2,1-2H3,(H,25,28)/t17-,21+/m0/s1. The third-order valence-electron chi connectivity index (χ3n) is 5.71. The summed E-state index contributed by atoms with van der Waals surface area (Å²) < 4.78 is 10.7. The molecule has 0 aromatic heterocycles. The van der Waals surface area contributed by atoms with E-state index in [4.69, 9.17) is 26.1 Å². The van der Waals surface area contributed by atoms with E-state index in [2.05, 4.69) is 5.32 Å². The van der Waals surface area contributed by atoms with Gasteiger partial charge in [-0.1, -0.05) is 42.4 Å². The van der Waals surface area contributed by atoms with Crippen LogP contribution in [-0.4, -0.2) is 48.3 Å². The van der Waals surface area contributed by atoms with E-state index in [1.165, 1.54) is 18.9 Å². The number of ether oxygens (including phenoxy) is 2. The fourth-order valence-corrected chi connectivity index (χ4v) is 5.20. The Labute approximate surface area is 196 Å². The van der Waals surface area contributed by atoms with Crippen LogP contribution in [0.4, 0.5) is 0 Å². The first-order valence-corrected chi connectivity index (χ1v) is 12.0. The van der Waals surface area contributed by atoms with E-state index in [9.17, 15) is 9.59 Å². The Bertz CT molecular complexity index is 983. The van der Waals surface area contributed by atoms with Crippen LogP contribution in [0.3, 0.4) is 0 Å². The molecule has 0 bridgehead atoms. The van der Waals surface area contributed by atoms with Crippen molar-refractivity contribution in [1.82, 2.24) is 10.2 Å². The number of nitrogens with zero attached hydrogens (tertiary/aromatic N) is 2. The van der Waals surface area contributed by atoms with Crippen molar-refractivity contribution in [3.63, 3.8) is 0 Å². The number of halogens is 1. The summed E-state index contributed by atoms with van der Waals surface area (Å²) in [6.45, 7) is 3.22. The Morgan fingerprint density at radius 1 is 1.34 bits per heavy atom. The number of methoxy groups -OCH3 is 1. The van der Waals surface area contributed by atoms with Gasteiger partial charge >= 0.3 is 5.97 Å². The highest BCUT2D eigenvalue weighted by Crippen LogP contribution is 2.45. The molecule has 32 heavy (non-hydrogen) atoms. The van der Waals surface area contributed by atoms with Crippen LogP contribution < -0.4 is 5.32 Å². The number of carbonyl (C=O) groups is 2. The van der Waals surface area contributed by atoms with Crippen LogP contribution in [-0.2, 0) is 19.1 Å². The molecule has 3 heterocycles. The Hall–Kier alpha value is -2.29. The summed E-state index contributed by atoms with van der Waals surface area (Å²) in [6.07, 6.45) is 2.84. The van der Waals surface area contributed by atoms with Crippen LogP contribution in [0, 0.1) is 0 Å². The van der Waals surface area contributed by atoms with Crippen molar-refractivity contribution in [2.45, 2.75) is 44.8 Å². The molecule has 3 aliphatic heterocycles. The fourth-order valence-electron chi connectivity index (χ4n) is 4.13. The first-order chi connectivity index (χ1) is 15.5. The molecule has 0 aliphatic carbocycles. The van der Waals surface area contributed by atoms with Gasteiger partial charge in [-0.05, 0) is 42.4 Å². The zero-order chi connectivity index (χ0) is 22.7. The molecule has 0 unspecified atom stereocenters. The van der Waals surface area contributed by atoms with E-state index >= 15 is 0 Å². The molecule has 1 fully saturated rings. The maximum Gasteiger partial charge on any atom is 0.338 e. The van der Waals surface area contributed by atoms with E-state index in [0.29, 0.717) is 29.3 Å². The van der Waals surface area contributed by atoms with Crippen molar-refractivity contribution in [1.29, 1.82) is 0 Å². The van der Waals surface area contributed by atoms with Crippen LogP contribution in [0.2, 0.25) is 5.02 Å². The number of hydrogen-bond acceptors (Lipinski definition) is 7. The van der Waals surface area contributed by atoms with Crippen molar-refractivity contribution in [3.8, 4) is 0 Å². The minimum Gasteiger partial charge on any atom is -0.466 e. The fraction of sp³-hybridized carbons (Fsp3) is 0.435. The molecule has 2 atom stereocenters. The summed E-state index contributed by atoms with van der Waals surface area (Å²) >= 11 is 7.57. The van der Waals surface area contributed by atoms with Crippen LogP contribution in [0.25, 0.3) is 0 Å². The second-order valence-corrected chi connectivity index (χ2v) is 9.04. The van der Waals surface area contributed by atoms with Crippen LogP contribution in [0.15, 0.2) is 51.6 Å². The molecule has 0 radical (unpaired) electrons. The predicted molar refractivity (Wildman–Crippen MR) is 125 cm³/mol. The average Bonchev–Trinajstić information content (AvgIpc) is 3.46. The van der Waals surface area contributed by atoms with Gasteiger partial charge < -0.3 is 19.7 Å². The van der Waals surface area contributed by atoms with E-state index in [1.807, 2.05) is 29.4 Å². The molecular formula is C23H26ClN3O4S. The van der Waals surface area contributed by atoms with Gasteiger partial charge in [-0.15, -0.1) is 0 Å². The largest absolute Gasteiger partial charge is 0.466 e. The number of amides is 1. The average molecular weight is 476 g/mol. The summed E-state index contributed by atoms with van der Waals surface area (Å²) in [5.74, 6) is -0.517. The van der Waals surface area contributed by atoms with Crippen LogP contribution >= 0.6 is 23.4 Å². The second-order valence-electron chi connectivity index (χ2n) is 7.77. The SMILES string of the molecule is CCC1=C(C(=O)OC)[C@@H](c2ccc(Cl)cc2)N2C(CC(=O)NC[C@@H]3CCCO3)=CSC2=N1. The number of amidine groups is 1. The smallest absolute Gasteiger partial charge is 0.338 e. The third-order valence-corrected chi connectivity index (χ3v) is 6.85. The molecule has 0 spiro atoms. The summed E-state index contributed by atoms with van der Waals surface area (Å²) in [5.41, 5.74) is 2.83. The van der Waals surface area contributed by atoms with Gasteiger partial charge in [0.15, 0.2) is 5.17 Å². The maximum absolute atomic E-state index is 12.8. The number of esters is 1. The Kier molecular flexibility index (Phi) is 7.23. The molecule has 1 N–H and O–H groups in total. The lowest BCUT2D eigenvalue weighted by Gasteiger charge is -2.36. The highest BCUT2D eigenvalue weighted by atomic mass is 35.5. The van der Waals surface area contributed by atoms with Crippen molar-refractivity contribution in [2.75, 3.05) is 20.3 Å². The predicted octanol–water partition coefficient (Wildman–Crippen LogP) is 4.16. The number of aliphatic imine (C=N–C) groups is 1. The monoisotopic (exact) mass is 475 g/mol. The molecule has 4 rings (SSSR count). The molecule has 1 aromatic rings. The van der Waals surface area contributed by atoms with Gasteiger partial charge in [-0.2, -0.15) is 0 Å². The van der Waals surface area contributed by atoms with Gasteiger partial charge in [0.25, 0.3) is 0 Å². The molecule has 0 saturated carbocycles. The molecular weight excluding hydrogens is 450 g/mol. The topological polar surface area (TPSA) is 80.2 Å². The quantitative estimate of drug-likeness (QED) is 0.596. The molecule has 3 aliphatic rings. The number of hydrogen-bond donors (Lipinski definition) is 1. The van der Waals surface area contributed by atoms with E-state index in [0.717, 1.165) is 35.9 Å². The Morgan fingerprint density at radius 2 is 2.12 bits per heavy atom. The first-order valence-electron chi connectivity index (χ1n) is 10.7. The van der Waals surface area contributed by atoms with Gasteiger partial charge in [0, 0.05) is 23.9 Å². The van der Waals surface area contributed by atoms with Gasteiger partial charge in [-0.25, -0.2) is 9.79 Å². The molecule has 1 aromatic carbocycles. The molecule has 1 saturated heterocycles. The highest BCUT2D eigenvalue weighted by molar-refractivity contribution is 8.16. The number of nitrogens with one attached hydrogen (secondary N) is 1. The number of allylic oxidation sites excluding steroid dienone is 1. The molecule has 7 nitrogen and oxygen atoms in total. The van der Waals surface area contributed by atoms with E-state index in [-0.39, 0.29) is 18.4 Å². The number of rotatable bonds is 7. The minimum atomic E-state index is -0.450. The van der Waals surface area contributed by atoms with Crippen molar-refractivity contribution >= 4 is 40.4 Å². The van der Waals surface area contributed by atoms with Gasteiger partial charge in [-0.3, -0.25) is 4.79 Å². The molecule has 170 valence electrons. The number of thioether (sulfide) groups is 1. The lowest BCUT2D eigenvalue weighted by atomic mass is 9.93. The number of fused-ring (bicyclic) bond motifs is 1. The first kappa shape index (κ1) is 22.9. The van der Waals surface area contributed by atoms with Crippen molar-refractivity contribution < 1.29 is 19.1 Å². The number of benzene rings is 1. The Balaban J connectivity index is 1.62. The molecule has 1 amide bonds. The third kappa shape index (κ3) is 4.72. The lowest BCUT2D eigenvalue weighted by molar-refractivity contribution is -0.136. The maximum atomic E-state index is 12.8. The van der Waals surface area contributed by atoms with Gasteiger partial charge in [0.05, 0.1) is 36.9 Å². The Morgan fingerprint density at radius 3 is 2.78 bits per heavy atom. The summed E-state index contributed by atoms with van der Waals surface area (Å²) in [5, 5.41) is 6.26. The summed E-state index contributed by atoms with van der Waals surface area (Å²) in [6, 6.07) is 6.93. The zero-order valence-electron chi connectivity index (χ0n) is 18.1. The summed E-state index contributed by atoms with van der Waals surface area (Å²) in [4.78, 5) is 32.2. The summed E-state index contributed by atoms with van der Waals surface area (Å²) in [7, 11) is 1.37. The van der Waals surface area contributed by atoms with E-state index < -0.39 is 12.0 Å². The van der Waals surface area contributed by atoms with Crippen LogP contribution in [0.5, 0.6) is 0 Å². The van der Waals surface area contributed by atoms with Crippen LogP contribution in [0.1, 0.15) is 44.2 Å². The molecule has 9 heteroatoms. The normalized spacial score (nSPS) is 22.4. The second kappa shape index (κ2) is 10.1. The van der Waals surface area contributed by atoms with Crippen molar-refractivity contribution in [3.05, 3.63) is 57.2 Å². The lowest BCUT2D eigenvalue weighted by Crippen LogP contribution is -2.38. The van der Waals surface area contributed by atoms with Crippen molar-refractivity contribution in [2.24, 2.45) is 4.99 Å². The highest BCUT2D eigenvalue weighted by Gasteiger charge is 2.41.